The molecule has 1 heterocycles. The van der Waals surface area contributed by atoms with Crippen LogP contribution in [-0.4, -0.2) is 56.3 Å². The van der Waals surface area contributed by atoms with Gasteiger partial charge in [0.25, 0.3) is 0 Å². The Balaban J connectivity index is 1.49. The first kappa shape index (κ1) is 20.3. The molecule has 7 heteroatoms. The lowest BCUT2D eigenvalue weighted by Crippen LogP contribution is -2.49. The maximum absolute atomic E-state index is 12.5. The number of benzene rings is 2. The van der Waals surface area contributed by atoms with Crippen molar-refractivity contribution in [2.24, 2.45) is 0 Å². The van der Waals surface area contributed by atoms with Gasteiger partial charge in [0.2, 0.25) is 15.9 Å². The summed E-state index contributed by atoms with van der Waals surface area (Å²) in [4.78, 5) is 14.2. The van der Waals surface area contributed by atoms with Crippen molar-refractivity contribution in [1.82, 2.24) is 9.21 Å². The topological polar surface area (TPSA) is 69.7 Å². The van der Waals surface area contributed by atoms with Crippen molar-refractivity contribution < 1.29 is 13.2 Å². The average molecular weight is 400 g/mol. The van der Waals surface area contributed by atoms with Crippen LogP contribution in [0.1, 0.15) is 11.1 Å². The van der Waals surface area contributed by atoms with Gasteiger partial charge in [-0.15, -0.1) is 0 Å². The summed E-state index contributed by atoms with van der Waals surface area (Å²) in [6.45, 7) is 4.03. The van der Waals surface area contributed by atoms with Gasteiger partial charge in [-0.05, 0) is 36.3 Å². The van der Waals surface area contributed by atoms with Crippen LogP contribution >= 0.6 is 0 Å². The van der Waals surface area contributed by atoms with Crippen molar-refractivity contribution in [2.75, 3.05) is 38.0 Å². The zero-order chi connectivity index (χ0) is 20.0. The minimum Gasteiger partial charge on any atom is -0.325 e. The van der Waals surface area contributed by atoms with Crippen molar-refractivity contribution in [3.05, 3.63) is 71.1 Å². The molecule has 0 saturated carbocycles. The molecular weight excluding hydrogens is 374 g/mol. The van der Waals surface area contributed by atoms with E-state index in [9.17, 15) is 13.2 Å². The largest absolute Gasteiger partial charge is 0.325 e. The van der Waals surface area contributed by atoms with E-state index in [2.05, 4.69) is 5.32 Å². The maximum atomic E-state index is 12.5. The Bertz CT molecular complexity index is 934. The number of nitrogens with zero attached hydrogens (tertiary/aromatic N) is 2. The SMILES string of the molecule is Cc1cccc(NC(=O)CN2CCN(S(=O)(=O)/C=C\c3ccccc3)CC2)c1. The zero-order valence-electron chi connectivity index (χ0n) is 15.9. The second kappa shape index (κ2) is 9.14. The van der Waals surface area contributed by atoms with Crippen LogP contribution in [-0.2, 0) is 14.8 Å². The molecular formula is C21H25N3O3S. The highest BCUT2D eigenvalue weighted by Crippen LogP contribution is 2.13. The van der Waals surface area contributed by atoms with Crippen LogP contribution in [0.5, 0.6) is 0 Å². The van der Waals surface area contributed by atoms with Crippen molar-refractivity contribution in [3.8, 4) is 0 Å². The number of aryl methyl sites for hydroxylation is 1. The molecule has 28 heavy (non-hydrogen) atoms. The Morgan fingerprint density at radius 1 is 1.04 bits per heavy atom. The van der Waals surface area contributed by atoms with Gasteiger partial charge < -0.3 is 5.32 Å². The Labute approximate surface area is 166 Å². The molecule has 0 spiro atoms. The Morgan fingerprint density at radius 3 is 2.43 bits per heavy atom. The van der Waals surface area contributed by atoms with E-state index in [1.165, 1.54) is 9.71 Å². The first-order valence-corrected chi connectivity index (χ1v) is 10.7. The van der Waals surface area contributed by atoms with Gasteiger partial charge in [-0.25, -0.2) is 8.42 Å². The summed E-state index contributed by atoms with van der Waals surface area (Å²) in [5.74, 6) is -0.0918. The minimum absolute atomic E-state index is 0.0918. The van der Waals surface area contributed by atoms with Crippen LogP contribution in [0, 0.1) is 6.92 Å². The van der Waals surface area contributed by atoms with E-state index in [1.807, 2.05) is 66.4 Å². The van der Waals surface area contributed by atoms with Crippen molar-refractivity contribution >= 4 is 27.7 Å². The smallest absolute Gasteiger partial charge is 0.238 e. The zero-order valence-corrected chi connectivity index (χ0v) is 16.7. The first-order chi connectivity index (χ1) is 13.4. The lowest BCUT2D eigenvalue weighted by atomic mass is 10.2. The number of nitrogens with one attached hydrogen (secondary N) is 1. The summed E-state index contributed by atoms with van der Waals surface area (Å²) in [7, 11) is -3.46. The summed E-state index contributed by atoms with van der Waals surface area (Å²) in [6.07, 6.45) is 1.61. The summed E-state index contributed by atoms with van der Waals surface area (Å²) in [5, 5.41) is 4.14. The molecule has 2 aromatic carbocycles. The van der Waals surface area contributed by atoms with Crippen LogP contribution in [0.25, 0.3) is 6.08 Å². The van der Waals surface area contributed by atoms with E-state index in [0.717, 1.165) is 16.8 Å². The standard InChI is InChI=1S/C21H25N3O3S/c1-18-6-5-9-20(16-18)22-21(25)17-23-11-13-24(14-12-23)28(26,27)15-10-19-7-3-2-4-8-19/h2-10,15-16H,11-14,17H2,1H3,(H,22,25)/b15-10-. The van der Waals surface area contributed by atoms with Crippen LogP contribution in [0.4, 0.5) is 5.69 Å². The number of hydrogen-bond donors (Lipinski definition) is 1. The minimum atomic E-state index is -3.46. The van der Waals surface area contributed by atoms with Gasteiger partial charge in [0.15, 0.2) is 0 Å². The number of hydrogen-bond acceptors (Lipinski definition) is 4. The number of carbonyl (C=O) groups is 1. The van der Waals surface area contributed by atoms with E-state index in [1.54, 1.807) is 6.08 Å². The van der Waals surface area contributed by atoms with Crippen molar-refractivity contribution in [2.45, 2.75) is 6.92 Å². The monoisotopic (exact) mass is 399 g/mol. The van der Waals surface area contributed by atoms with Crippen LogP contribution in [0.15, 0.2) is 60.0 Å². The molecule has 2 aromatic rings. The molecule has 1 aliphatic rings. The van der Waals surface area contributed by atoms with Gasteiger partial charge in [0, 0.05) is 37.3 Å². The molecule has 1 N–H and O–H groups in total. The molecule has 148 valence electrons. The first-order valence-electron chi connectivity index (χ1n) is 9.24. The highest BCUT2D eigenvalue weighted by molar-refractivity contribution is 7.92. The second-order valence-corrected chi connectivity index (χ2v) is 8.67. The Morgan fingerprint density at radius 2 is 1.75 bits per heavy atom. The van der Waals surface area contributed by atoms with Crippen LogP contribution in [0.3, 0.4) is 0 Å². The molecule has 6 nitrogen and oxygen atoms in total. The van der Waals surface area contributed by atoms with Gasteiger partial charge in [0.05, 0.1) is 6.54 Å². The van der Waals surface area contributed by atoms with Gasteiger partial charge in [0.1, 0.15) is 0 Å². The fraction of sp³-hybridized carbons (Fsp3) is 0.286. The lowest BCUT2D eigenvalue weighted by Gasteiger charge is -2.32. The van der Waals surface area contributed by atoms with Gasteiger partial charge in [-0.2, -0.15) is 4.31 Å². The number of rotatable bonds is 6. The molecule has 1 amide bonds. The predicted molar refractivity (Wildman–Crippen MR) is 112 cm³/mol. The predicted octanol–water partition coefficient (Wildman–Crippen LogP) is 2.55. The molecule has 0 unspecified atom stereocenters. The lowest BCUT2D eigenvalue weighted by molar-refractivity contribution is -0.117. The Kier molecular flexibility index (Phi) is 6.61. The molecule has 0 atom stereocenters. The van der Waals surface area contributed by atoms with E-state index in [0.29, 0.717) is 26.2 Å². The highest BCUT2D eigenvalue weighted by atomic mass is 32.2. The van der Waals surface area contributed by atoms with Gasteiger partial charge in [-0.3, -0.25) is 9.69 Å². The number of piperazine rings is 1. The van der Waals surface area contributed by atoms with E-state index >= 15 is 0 Å². The van der Waals surface area contributed by atoms with E-state index in [4.69, 9.17) is 0 Å². The Hall–Kier alpha value is -2.48. The molecule has 0 aliphatic carbocycles. The maximum Gasteiger partial charge on any atom is 0.238 e. The number of sulfonamides is 1. The molecule has 1 saturated heterocycles. The average Bonchev–Trinajstić information content (AvgIpc) is 2.68. The normalized spacial score (nSPS) is 16.3. The number of carbonyl (C=O) groups excluding carboxylic acids is 1. The van der Waals surface area contributed by atoms with Gasteiger partial charge >= 0.3 is 0 Å². The highest BCUT2D eigenvalue weighted by Gasteiger charge is 2.25. The third kappa shape index (κ3) is 5.76. The van der Waals surface area contributed by atoms with Crippen LogP contribution in [0.2, 0.25) is 0 Å². The molecule has 1 fully saturated rings. The number of anilines is 1. The van der Waals surface area contributed by atoms with Crippen molar-refractivity contribution in [3.63, 3.8) is 0 Å². The summed E-state index contributed by atoms with van der Waals surface area (Å²) in [5.41, 5.74) is 2.70. The molecule has 0 radical (unpaired) electrons. The molecule has 0 aromatic heterocycles. The third-order valence-electron chi connectivity index (χ3n) is 4.59. The molecule has 1 aliphatic heterocycles. The van der Waals surface area contributed by atoms with E-state index < -0.39 is 10.0 Å². The summed E-state index contributed by atoms with van der Waals surface area (Å²) < 4.78 is 26.5. The van der Waals surface area contributed by atoms with E-state index in [-0.39, 0.29) is 12.5 Å². The quantitative estimate of drug-likeness (QED) is 0.811. The third-order valence-corrected chi connectivity index (χ3v) is 6.16. The number of amides is 1. The summed E-state index contributed by atoms with van der Waals surface area (Å²) >= 11 is 0. The fourth-order valence-corrected chi connectivity index (χ4v) is 4.26. The molecule has 0 bridgehead atoms. The van der Waals surface area contributed by atoms with Crippen LogP contribution < -0.4 is 5.32 Å². The van der Waals surface area contributed by atoms with Gasteiger partial charge in [-0.1, -0.05) is 42.5 Å². The fourth-order valence-electron chi connectivity index (χ4n) is 3.08. The second-order valence-electron chi connectivity index (χ2n) is 6.85. The molecule has 3 rings (SSSR count). The van der Waals surface area contributed by atoms with Crippen molar-refractivity contribution in [1.29, 1.82) is 0 Å². The summed E-state index contributed by atoms with van der Waals surface area (Å²) in [6, 6.07) is 17.0.